The molecule has 1 N–H and O–H groups in total. The zero-order valence-electron chi connectivity index (χ0n) is 13.7. The normalized spacial score (nSPS) is 18.8. The fourth-order valence-corrected chi connectivity index (χ4v) is 2.97. The predicted octanol–water partition coefficient (Wildman–Crippen LogP) is 2.20. The minimum Gasteiger partial charge on any atom is -0.423 e. The third-order valence-electron chi connectivity index (χ3n) is 4.40. The Kier molecular flexibility index (Phi) is 4.38. The second-order valence-electron chi connectivity index (χ2n) is 6.08. The van der Waals surface area contributed by atoms with Crippen LogP contribution >= 0.6 is 0 Å². The molecule has 1 aliphatic heterocycles. The predicted molar refractivity (Wildman–Crippen MR) is 90.9 cm³/mol. The van der Waals surface area contributed by atoms with Crippen molar-refractivity contribution in [3.63, 3.8) is 0 Å². The first-order valence-corrected chi connectivity index (χ1v) is 8.16. The Morgan fingerprint density at radius 3 is 2.88 bits per heavy atom. The van der Waals surface area contributed by atoms with Crippen LogP contribution in [0.3, 0.4) is 0 Å². The molecule has 1 aliphatic rings. The van der Waals surface area contributed by atoms with Crippen LogP contribution in [0.4, 0.5) is 5.69 Å². The Bertz CT molecular complexity index is 842. The lowest BCUT2D eigenvalue weighted by atomic mass is 10.1. The highest BCUT2D eigenvalue weighted by Gasteiger charge is 2.38. The number of hydrogen-bond donors (Lipinski definition) is 1. The first-order valence-electron chi connectivity index (χ1n) is 8.16. The molecule has 2 amide bonds. The number of carbonyl (C=O) groups is 2. The number of para-hydroxylation sites is 1. The van der Waals surface area contributed by atoms with Crippen molar-refractivity contribution >= 4 is 28.5 Å². The van der Waals surface area contributed by atoms with Crippen LogP contribution in [0.15, 0.2) is 39.5 Å². The van der Waals surface area contributed by atoms with Crippen molar-refractivity contribution in [3.8, 4) is 0 Å². The monoisotopic (exact) mass is 328 g/mol. The van der Waals surface area contributed by atoms with Crippen LogP contribution in [-0.2, 0) is 9.59 Å². The molecule has 126 valence electrons. The van der Waals surface area contributed by atoms with E-state index in [1.54, 1.807) is 24.3 Å². The molecule has 24 heavy (non-hydrogen) atoms. The van der Waals surface area contributed by atoms with Gasteiger partial charge in [0.1, 0.15) is 11.6 Å². The van der Waals surface area contributed by atoms with Crippen LogP contribution in [0.25, 0.3) is 11.0 Å². The number of hydrogen-bond acceptors (Lipinski definition) is 4. The summed E-state index contributed by atoms with van der Waals surface area (Å²) in [5.41, 5.74) is 0.305. The lowest BCUT2D eigenvalue weighted by Gasteiger charge is -2.26. The topological polar surface area (TPSA) is 79.6 Å². The number of nitrogens with one attached hydrogen (secondary N) is 1. The number of carbonyl (C=O) groups excluding carboxylic acids is 2. The minimum atomic E-state index is -0.600. The number of fused-ring (bicyclic) bond motifs is 1. The van der Waals surface area contributed by atoms with Gasteiger partial charge in [-0.25, -0.2) is 4.79 Å². The summed E-state index contributed by atoms with van der Waals surface area (Å²) < 4.78 is 5.18. The Balaban J connectivity index is 2.04. The Labute approximate surface area is 139 Å². The number of amides is 2. The fraction of sp³-hybridized carbons (Fsp3) is 0.389. The van der Waals surface area contributed by atoms with E-state index in [9.17, 15) is 14.4 Å². The summed E-state index contributed by atoms with van der Waals surface area (Å²) in [6.07, 6.45) is 1.53. The molecule has 2 aromatic rings. The van der Waals surface area contributed by atoms with Gasteiger partial charge in [0, 0.05) is 23.9 Å². The van der Waals surface area contributed by atoms with Gasteiger partial charge in [-0.2, -0.15) is 0 Å². The second kappa shape index (κ2) is 6.47. The fourth-order valence-electron chi connectivity index (χ4n) is 2.97. The average molecular weight is 328 g/mol. The maximum Gasteiger partial charge on any atom is 0.338 e. The number of rotatable bonds is 4. The Hall–Kier alpha value is -2.63. The molecule has 0 radical (unpaired) electrons. The first-order chi connectivity index (χ1) is 11.5. The van der Waals surface area contributed by atoms with Crippen molar-refractivity contribution in [1.82, 2.24) is 5.32 Å². The maximum absolute atomic E-state index is 12.6. The van der Waals surface area contributed by atoms with Gasteiger partial charge in [-0.3, -0.25) is 14.5 Å². The molecule has 0 saturated carbocycles. The van der Waals surface area contributed by atoms with Gasteiger partial charge in [0.05, 0.1) is 5.69 Å². The highest BCUT2D eigenvalue weighted by Crippen LogP contribution is 2.32. The van der Waals surface area contributed by atoms with Gasteiger partial charge in [0.2, 0.25) is 11.8 Å². The molecule has 0 bridgehead atoms. The highest BCUT2D eigenvalue weighted by atomic mass is 16.4. The molecular formula is C18H20N2O4. The number of anilines is 1. The molecule has 0 spiro atoms. The third kappa shape index (κ3) is 2.91. The first kappa shape index (κ1) is 16.2. The quantitative estimate of drug-likeness (QED) is 0.873. The molecule has 0 aliphatic carbocycles. The Morgan fingerprint density at radius 2 is 2.12 bits per heavy atom. The van der Waals surface area contributed by atoms with Crippen LogP contribution in [0.5, 0.6) is 0 Å². The summed E-state index contributed by atoms with van der Waals surface area (Å²) in [4.78, 5) is 38.3. The summed E-state index contributed by atoms with van der Waals surface area (Å²) in [7, 11) is 0. The third-order valence-corrected chi connectivity index (χ3v) is 4.40. The lowest BCUT2D eigenvalue weighted by molar-refractivity contribution is -0.124. The SMILES string of the molecule is CC[C@H](C)NC(=O)[C@@H]1CCC(=O)N1c1cc(=O)oc2ccccc12. The van der Waals surface area contributed by atoms with Crippen molar-refractivity contribution in [2.45, 2.75) is 45.2 Å². The summed E-state index contributed by atoms with van der Waals surface area (Å²) in [5.74, 6) is -0.345. The maximum atomic E-state index is 12.6. The van der Waals surface area contributed by atoms with Crippen LogP contribution in [0.1, 0.15) is 33.1 Å². The van der Waals surface area contributed by atoms with Crippen molar-refractivity contribution in [3.05, 3.63) is 40.8 Å². The smallest absolute Gasteiger partial charge is 0.338 e. The Morgan fingerprint density at radius 1 is 1.38 bits per heavy atom. The molecule has 1 saturated heterocycles. The summed E-state index contributed by atoms with van der Waals surface area (Å²) in [5, 5.41) is 3.57. The van der Waals surface area contributed by atoms with Crippen LogP contribution < -0.4 is 15.8 Å². The second-order valence-corrected chi connectivity index (χ2v) is 6.08. The van der Waals surface area contributed by atoms with Gasteiger partial charge in [0.15, 0.2) is 0 Å². The standard InChI is InChI=1S/C18H20N2O4/c1-3-11(2)19-18(23)13-8-9-16(21)20(13)14-10-17(22)24-15-7-5-4-6-12(14)15/h4-7,10-11,13H,3,8-9H2,1-2H3,(H,19,23)/t11-,13-/m0/s1. The summed E-state index contributed by atoms with van der Waals surface area (Å²) in [6.45, 7) is 3.91. The van der Waals surface area contributed by atoms with Gasteiger partial charge in [0.25, 0.3) is 0 Å². The van der Waals surface area contributed by atoms with E-state index >= 15 is 0 Å². The van der Waals surface area contributed by atoms with Gasteiger partial charge in [-0.15, -0.1) is 0 Å². The van der Waals surface area contributed by atoms with Crippen LogP contribution in [0, 0.1) is 0 Å². The van der Waals surface area contributed by atoms with E-state index < -0.39 is 11.7 Å². The average Bonchev–Trinajstić information content (AvgIpc) is 2.95. The van der Waals surface area contributed by atoms with Gasteiger partial charge in [-0.05, 0) is 31.9 Å². The summed E-state index contributed by atoms with van der Waals surface area (Å²) in [6, 6.07) is 7.74. The number of nitrogens with zero attached hydrogens (tertiary/aromatic N) is 1. The van der Waals surface area contributed by atoms with Crippen LogP contribution in [-0.4, -0.2) is 23.9 Å². The number of benzene rings is 1. The highest BCUT2D eigenvalue weighted by molar-refractivity contribution is 6.08. The molecule has 2 atom stereocenters. The van der Waals surface area contributed by atoms with E-state index in [0.717, 1.165) is 6.42 Å². The molecule has 1 aromatic heterocycles. The molecule has 0 unspecified atom stereocenters. The van der Waals surface area contributed by atoms with Crippen molar-refractivity contribution in [1.29, 1.82) is 0 Å². The van der Waals surface area contributed by atoms with Crippen molar-refractivity contribution < 1.29 is 14.0 Å². The largest absolute Gasteiger partial charge is 0.423 e. The van der Waals surface area contributed by atoms with Crippen molar-refractivity contribution in [2.75, 3.05) is 4.90 Å². The molecule has 6 heteroatoms. The molecule has 2 heterocycles. The molecule has 6 nitrogen and oxygen atoms in total. The molecule has 3 rings (SSSR count). The van der Waals surface area contributed by atoms with Crippen LogP contribution in [0.2, 0.25) is 0 Å². The van der Waals surface area contributed by atoms with Gasteiger partial charge < -0.3 is 9.73 Å². The van der Waals surface area contributed by atoms with E-state index in [0.29, 0.717) is 23.1 Å². The van der Waals surface area contributed by atoms with E-state index in [2.05, 4.69) is 5.32 Å². The summed E-state index contributed by atoms with van der Waals surface area (Å²) >= 11 is 0. The van der Waals surface area contributed by atoms with E-state index in [1.807, 2.05) is 13.8 Å². The van der Waals surface area contributed by atoms with Gasteiger partial charge >= 0.3 is 5.63 Å². The van der Waals surface area contributed by atoms with E-state index in [1.165, 1.54) is 11.0 Å². The zero-order chi connectivity index (χ0) is 17.3. The van der Waals surface area contributed by atoms with Gasteiger partial charge in [-0.1, -0.05) is 19.1 Å². The molecule has 1 fully saturated rings. The van der Waals surface area contributed by atoms with E-state index in [4.69, 9.17) is 4.42 Å². The van der Waals surface area contributed by atoms with E-state index in [-0.39, 0.29) is 24.3 Å². The zero-order valence-corrected chi connectivity index (χ0v) is 13.7. The minimum absolute atomic E-state index is 0.0349. The van der Waals surface area contributed by atoms with Crippen molar-refractivity contribution in [2.24, 2.45) is 0 Å². The molecule has 1 aromatic carbocycles. The molecular weight excluding hydrogens is 308 g/mol. The lowest BCUT2D eigenvalue weighted by Crippen LogP contribution is -2.47.